The summed E-state index contributed by atoms with van der Waals surface area (Å²) in [4.78, 5) is 26.8. The van der Waals surface area contributed by atoms with Crippen LogP contribution in [0.15, 0.2) is 45.9 Å². The molecule has 0 radical (unpaired) electrons. The number of sulfonamides is 1. The van der Waals surface area contributed by atoms with Crippen molar-refractivity contribution >= 4 is 33.2 Å². The van der Waals surface area contributed by atoms with Crippen LogP contribution in [0.2, 0.25) is 0 Å². The van der Waals surface area contributed by atoms with Crippen molar-refractivity contribution in [3.8, 4) is 0 Å². The molecule has 1 aliphatic rings. The van der Waals surface area contributed by atoms with Gasteiger partial charge in [0.2, 0.25) is 15.9 Å². The third kappa shape index (κ3) is 5.49. The molecule has 0 bridgehead atoms. The Kier molecular flexibility index (Phi) is 7.92. The number of carbonyl (C=O) groups excluding carboxylic acids is 2. The minimum absolute atomic E-state index is 0.0406. The number of carbonyl (C=O) groups is 2. The first-order chi connectivity index (χ1) is 15.4. The van der Waals surface area contributed by atoms with Crippen LogP contribution in [0.25, 0.3) is 0 Å². The van der Waals surface area contributed by atoms with Gasteiger partial charge in [-0.2, -0.15) is 4.31 Å². The predicted molar refractivity (Wildman–Crippen MR) is 122 cm³/mol. The maximum Gasteiger partial charge on any atom is 0.286 e. The van der Waals surface area contributed by atoms with Crippen molar-refractivity contribution in [1.82, 2.24) is 9.62 Å². The number of benzene rings is 1. The van der Waals surface area contributed by atoms with E-state index < -0.39 is 15.9 Å². The van der Waals surface area contributed by atoms with Crippen molar-refractivity contribution in [3.05, 3.63) is 42.4 Å². The van der Waals surface area contributed by atoms with Crippen molar-refractivity contribution in [1.29, 1.82) is 0 Å². The van der Waals surface area contributed by atoms with E-state index in [-0.39, 0.29) is 29.5 Å². The van der Waals surface area contributed by atoms with Crippen LogP contribution in [0, 0.1) is 0 Å². The van der Waals surface area contributed by atoms with Gasteiger partial charge in [0.15, 0.2) is 5.76 Å². The van der Waals surface area contributed by atoms with Gasteiger partial charge in [-0.3, -0.25) is 9.59 Å². The first-order valence-corrected chi connectivity index (χ1v) is 12.3. The van der Waals surface area contributed by atoms with E-state index in [1.165, 1.54) is 16.6 Å². The maximum absolute atomic E-state index is 13.0. The van der Waals surface area contributed by atoms with E-state index in [0.717, 1.165) is 31.6 Å². The number of hydrogen-bond acceptors (Lipinski definition) is 6. The SMILES string of the molecule is CCN(CC)S(=O)(=O)c1ccc(N2CCCC2)c(NC(=O)CCNC(=O)c2ccco2)c1. The van der Waals surface area contributed by atoms with E-state index in [2.05, 4.69) is 15.5 Å². The molecule has 0 saturated carbocycles. The van der Waals surface area contributed by atoms with Gasteiger partial charge in [-0.25, -0.2) is 8.42 Å². The van der Waals surface area contributed by atoms with Crippen LogP contribution >= 0.6 is 0 Å². The molecule has 1 aromatic carbocycles. The van der Waals surface area contributed by atoms with Gasteiger partial charge < -0.3 is 20.0 Å². The lowest BCUT2D eigenvalue weighted by molar-refractivity contribution is -0.116. The third-order valence-corrected chi connectivity index (χ3v) is 7.46. The van der Waals surface area contributed by atoms with Gasteiger partial charge in [0.1, 0.15) is 0 Å². The molecule has 3 rings (SSSR count). The molecule has 2 heterocycles. The number of amides is 2. The van der Waals surface area contributed by atoms with E-state index in [1.807, 2.05) is 0 Å². The van der Waals surface area contributed by atoms with Crippen LogP contribution in [0.1, 0.15) is 43.7 Å². The highest BCUT2D eigenvalue weighted by Crippen LogP contribution is 2.32. The van der Waals surface area contributed by atoms with Crippen LogP contribution in [-0.2, 0) is 14.8 Å². The highest BCUT2D eigenvalue weighted by Gasteiger charge is 2.25. The molecular weight excluding hydrogens is 432 g/mol. The Hall–Kier alpha value is -2.85. The summed E-state index contributed by atoms with van der Waals surface area (Å²) in [6.45, 7) is 6.14. The summed E-state index contributed by atoms with van der Waals surface area (Å²) < 4.78 is 32.3. The number of rotatable bonds is 10. The van der Waals surface area contributed by atoms with E-state index in [0.29, 0.717) is 18.8 Å². The molecule has 1 aliphatic heterocycles. The Bertz CT molecular complexity index is 1030. The lowest BCUT2D eigenvalue weighted by atomic mass is 10.2. The van der Waals surface area contributed by atoms with Crippen LogP contribution in [0.5, 0.6) is 0 Å². The van der Waals surface area contributed by atoms with Gasteiger partial charge in [-0.05, 0) is 43.2 Å². The molecule has 174 valence electrons. The first-order valence-electron chi connectivity index (χ1n) is 10.9. The summed E-state index contributed by atoms with van der Waals surface area (Å²) in [6.07, 6.45) is 3.54. The molecule has 1 aromatic heterocycles. The second kappa shape index (κ2) is 10.6. The van der Waals surface area contributed by atoms with Crippen molar-refractivity contribution < 1.29 is 22.4 Å². The molecule has 0 aliphatic carbocycles. The van der Waals surface area contributed by atoms with E-state index in [9.17, 15) is 18.0 Å². The molecule has 1 saturated heterocycles. The maximum atomic E-state index is 13.0. The summed E-state index contributed by atoms with van der Waals surface area (Å²) in [5, 5.41) is 5.48. The largest absolute Gasteiger partial charge is 0.459 e. The van der Waals surface area contributed by atoms with Crippen LogP contribution in [0.3, 0.4) is 0 Å². The monoisotopic (exact) mass is 462 g/mol. The standard InChI is InChI=1S/C22H30N4O5S/c1-3-26(4-2)32(29,30)17-9-10-19(25-13-5-6-14-25)18(16-17)24-21(27)11-12-23-22(28)20-8-7-15-31-20/h7-10,15-16H,3-6,11-14H2,1-2H3,(H,23,28)(H,24,27). The number of hydrogen-bond donors (Lipinski definition) is 2. The van der Waals surface area contributed by atoms with Crippen LogP contribution in [0.4, 0.5) is 11.4 Å². The zero-order valence-corrected chi connectivity index (χ0v) is 19.3. The molecular formula is C22H30N4O5S. The second-order valence-electron chi connectivity index (χ2n) is 7.49. The van der Waals surface area contributed by atoms with Gasteiger partial charge in [0.05, 0.1) is 22.5 Å². The summed E-state index contributed by atoms with van der Waals surface area (Å²) in [5.74, 6) is -0.536. The van der Waals surface area contributed by atoms with E-state index in [4.69, 9.17) is 4.42 Å². The van der Waals surface area contributed by atoms with Gasteiger partial charge >= 0.3 is 0 Å². The molecule has 0 spiro atoms. The van der Waals surface area contributed by atoms with Crippen molar-refractivity contribution in [3.63, 3.8) is 0 Å². The predicted octanol–water partition coefficient (Wildman–Crippen LogP) is 2.67. The minimum Gasteiger partial charge on any atom is -0.459 e. The summed E-state index contributed by atoms with van der Waals surface area (Å²) in [7, 11) is -3.66. The smallest absolute Gasteiger partial charge is 0.286 e. The lowest BCUT2D eigenvalue weighted by Crippen LogP contribution is -2.31. The zero-order chi connectivity index (χ0) is 23.1. The molecule has 32 heavy (non-hydrogen) atoms. The fraction of sp³-hybridized carbons (Fsp3) is 0.455. The molecule has 1 fully saturated rings. The average molecular weight is 463 g/mol. The molecule has 2 amide bonds. The second-order valence-corrected chi connectivity index (χ2v) is 9.43. The number of furan rings is 1. The number of anilines is 2. The molecule has 10 heteroatoms. The zero-order valence-electron chi connectivity index (χ0n) is 18.5. The van der Waals surface area contributed by atoms with Gasteiger partial charge in [-0.15, -0.1) is 0 Å². The molecule has 0 unspecified atom stereocenters. The summed E-state index contributed by atoms with van der Waals surface area (Å²) in [5.41, 5.74) is 1.26. The summed E-state index contributed by atoms with van der Waals surface area (Å²) >= 11 is 0. The van der Waals surface area contributed by atoms with Gasteiger partial charge in [0, 0.05) is 39.1 Å². The Morgan fingerprint density at radius 3 is 2.47 bits per heavy atom. The minimum atomic E-state index is -3.66. The first kappa shape index (κ1) is 23.8. The molecule has 2 aromatic rings. The third-order valence-electron chi connectivity index (χ3n) is 5.41. The lowest BCUT2D eigenvalue weighted by Gasteiger charge is -2.24. The fourth-order valence-electron chi connectivity index (χ4n) is 3.72. The summed E-state index contributed by atoms with van der Waals surface area (Å²) in [6, 6.07) is 8.04. The van der Waals surface area contributed by atoms with Gasteiger partial charge in [-0.1, -0.05) is 13.8 Å². The van der Waals surface area contributed by atoms with Gasteiger partial charge in [0.25, 0.3) is 5.91 Å². The van der Waals surface area contributed by atoms with Crippen LogP contribution in [-0.4, -0.2) is 57.3 Å². The average Bonchev–Trinajstić information content (AvgIpc) is 3.49. The number of nitrogens with zero attached hydrogens (tertiary/aromatic N) is 2. The molecule has 2 N–H and O–H groups in total. The Balaban J connectivity index is 1.74. The highest BCUT2D eigenvalue weighted by molar-refractivity contribution is 7.89. The van der Waals surface area contributed by atoms with E-state index in [1.54, 1.807) is 38.1 Å². The van der Waals surface area contributed by atoms with Crippen LogP contribution < -0.4 is 15.5 Å². The quantitative estimate of drug-likeness (QED) is 0.561. The topological polar surface area (TPSA) is 112 Å². The highest BCUT2D eigenvalue weighted by atomic mass is 32.2. The van der Waals surface area contributed by atoms with Crippen molar-refractivity contribution in [2.75, 3.05) is 42.9 Å². The Morgan fingerprint density at radius 1 is 1.12 bits per heavy atom. The molecule has 9 nitrogen and oxygen atoms in total. The normalized spacial score (nSPS) is 14.0. The fourth-order valence-corrected chi connectivity index (χ4v) is 5.20. The number of nitrogens with one attached hydrogen (secondary N) is 2. The Labute approximate surface area is 188 Å². The molecule has 0 atom stereocenters. The van der Waals surface area contributed by atoms with Crippen molar-refractivity contribution in [2.45, 2.75) is 38.0 Å². The van der Waals surface area contributed by atoms with Crippen molar-refractivity contribution in [2.24, 2.45) is 0 Å². The van der Waals surface area contributed by atoms with E-state index >= 15 is 0 Å². The Morgan fingerprint density at radius 2 is 1.84 bits per heavy atom.